The second-order valence-corrected chi connectivity index (χ2v) is 7.06. The van der Waals surface area contributed by atoms with E-state index >= 15 is 0 Å². The minimum Gasteiger partial charge on any atom is -0.481 e. The summed E-state index contributed by atoms with van der Waals surface area (Å²) in [7, 11) is 0. The summed E-state index contributed by atoms with van der Waals surface area (Å²) in [6.45, 7) is 3.31. The molecular weight excluding hydrogens is 323 g/mol. The maximum Gasteiger partial charge on any atom is 0.263 e. The van der Waals surface area contributed by atoms with Crippen LogP contribution in [0.1, 0.15) is 19.8 Å². The van der Waals surface area contributed by atoms with E-state index in [1.54, 1.807) is 25.1 Å². The second-order valence-electron chi connectivity index (χ2n) is 6.24. The van der Waals surface area contributed by atoms with Crippen LogP contribution in [-0.2, 0) is 4.79 Å². The fraction of sp³-hybridized carbons (Fsp3) is 0.562. The quantitative estimate of drug-likeness (QED) is 0.918. The zero-order chi connectivity index (χ0) is 15.9. The van der Waals surface area contributed by atoms with E-state index in [1.807, 2.05) is 4.90 Å². The van der Waals surface area contributed by atoms with Gasteiger partial charge in [-0.1, -0.05) is 23.2 Å². The molecule has 1 saturated heterocycles. The molecule has 0 bridgehead atoms. The molecule has 22 heavy (non-hydrogen) atoms. The number of amides is 1. The van der Waals surface area contributed by atoms with E-state index in [4.69, 9.17) is 33.7 Å². The highest BCUT2D eigenvalue weighted by atomic mass is 35.5. The topological polar surface area (TPSA) is 55.6 Å². The molecule has 120 valence electrons. The first-order chi connectivity index (χ1) is 10.5. The van der Waals surface area contributed by atoms with E-state index in [0.29, 0.717) is 27.6 Å². The Labute approximate surface area is 140 Å². The zero-order valence-corrected chi connectivity index (χ0v) is 14.0. The third kappa shape index (κ3) is 3.05. The van der Waals surface area contributed by atoms with Crippen molar-refractivity contribution in [2.45, 2.75) is 31.9 Å². The lowest BCUT2D eigenvalue weighted by molar-refractivity contribution is -0.137. The number of halogens is 2. The van der Waals surface area contributed by atoms with Gasteiger partial charge in [-0.15, -0.1) is 0 Å². The lowest BCUT2D eigenvalue weighted by atomic mass is 9.98. The van der Waals surface area contributed by atoms with Gasteiger partial charge in [0.2, 0.25) is 0 Å². The van der Waals surface area contributed by atoms with Crippen molar-refractivity contribution in [3.63, 3.8) is 0 Å². The largest absolute Gasteiger partial charge is 0.481 e. The van der Waals surface area contributed by atoms with E-state index < -0.39 is 6.10 Å². The summed E-state index contributed by atoms with van der Waals surface area (Å²) in [5.41, 5.74) is 6.12. The Hall–Kier alpha value is -0.970. The predicted octanol–water partition coefficient (Wildman–Crippen LogP) is 2.96. The minimum absolute atomic E-state index is 0.00710. The molecule has 1 saturated carbocycles. The van der Waals surface area contributed by atoms with Crippen LogP contribution >= 0.6 is 23.2 Å². The summed E-state index contributed by atoms with van der Waals surface area (Å²) >= 11 is 11.8. The summed E-state index contributed by atoms with van der Waals surface area (Å²) in [5, 5.41) is 0.884. The van der Waals surface area contributed by atoms with Crippen LogP contribution < -0.4 is 10.5 Å². The second kappa shape index (κ2) is 6.26. The number of nitrogens with zero attached hydrogens (tertiary/aromatic N) is 1. The van der Waals surface area contributed by atoms with Crippen molar-refractivity contribution in [2.75, 3.05) is 13.1 Å². The first-order valence-electron chi connectivity index (χ1n) is 7.62. The molecule has 4 unspecified atom stereocenters. The highest BCUT2D eigenvalue weighted by Gasteiger charge is 2.43. The van der Waals surface area contributed by atoms with Gasteiger partial charge in [0.25, 0.3) is 5.91 Å². The van der Waals surface area contributed by atoms with Crippen LogP contribution in [0.3, 0.4) is 0 Å². The molecule has 0 radical (unpaired) electrons. The summed E-state index contributed by atoms with van der Waals surface area (Å²) in [4.78, 5) is 14.4. The van der Waals surface area contributed by atoms with Gasteiger partial charge in [-0.3, -0.25) is 4.79 Å². The van der Waals surface area contributed by atoms with E-state index in [1.165, 1.54) is 0 Å². The van der Waals surface area contributed by atoms with Crippen molar-refractivity contribution in [1.29, 1.82) is 0 Å². The number of fused-ring (bicyclic) bond motifs is 1. The van der Waals surface area contributed by atoms with Crippen LogP contribution in [0.2, 0.25) is 10.0 Å². The highest BCUT2D eigenvalue weighted by Crippen LogP contribution is 2.37. The molecule has 1 amide bonds. The van der Waals surface area contributed by atoms with E-state index in [0.717, 1.165) is 25.9 Å². The maximum absolute atomic E-state index is 12.5. The third-order valence-electron chi connectivity index (χ3n) is 4.78. The minimum atomic E-state index is -0.549. The van der Waals surface area contributed by atoms with Crippen molar-refractivity contribution < 1.29 is 9.53 Å². The molecule has 2 aliphatic rings. The normalized spacial score (nSPS) is 28.5. The molecule has 2 fully saturated rings. The molecule has 4 atom stereocenters. The van der Waals surface area contributed by atoms with Crippen molar-refractivity contribution >= 4 is 29.1 Å². The van der Waals surface area contributed by atoms with Gasteiger partial charge in [0.05, 0.1) is 10.0 Å². The average Bonchev–Trinajstić information content (AvgIpc) is 3.05. The zero-order valence-electron chi connectivity index (χ0n) is 12.5. The molecule has 1 aliphatic heterocycles. The number of hydrogen-bond acceptors (Lipinski definition) is 3. The summed E-state index contributed by atoms with van der Waals surface area (Å²) in [5.74, 6) is 1.55. The monoisotopic (exact) mass is 342 g/mol. The molecule has 4 nitrogen and oxygen atoms in total. The highest BCUT2D eigenvalue weighted by molar-refractivity contribution is 6.42. The average molecular weight is 343 g/mol. The van der Waals surface area contributed by atoms with Gasteiger partial charge in [0.1, 0.15) is 5.75 Å². The fourth-order valence-electron chi connectivity index (χ4n) is 3.55. The Morgan fingerprint density at radius 3 is 2.77 bits per heavy atom. The maximum atomic E-state index is 12.5. The molecular formula is C16H20Cl2N2O2. The van der Waals surface area contributed by atoms with Gasteiger partial charge in [0, 0.05) is 25.2 Å². The van der Waals surface area contributed by atoms with Crippen molar-refractivity contribution in [1.82, 2.24) is 4.90 Å². The van der Waals surface area contributed by atoms with Crippen molar-refractivity contribution in [3.8, 4) is 5.75 Å². The first kappa shape index (κ1) is 15.9. The van der Waals surface area contributed by atoms with Gasteiger partial charge >= 0.3 is 0 Å². The Morgan fingerprint density at radius 2 is 2.09 bits per heavy atom. The van der Waals surface area contributed by atoms with E-state index in [2.05, 4.69) is 0 Å². The number of carbonyl (C=O) groups is 1. The fourth-order valence-corrected chi connectivity index (χ4v) is 3.84. The van der Waals surface area contributed by atoms with Crippen LogP contribution in [0.5, 0.6) is 5.75 Å². The summed E-state index contributed by atoms with van der Waals surface area (Å²) < 4.78 is 5.71. The third-order valence-corrected chi connectivity index (χ3v) is 5.51. The van der Waals surface area contributed by atoms with Gasteiger partial charge in [-0.25, -0.2) is 0 Å². The Morgan fingerprint density at radius 1 is 1.32 bits per heavy atom. The lowest BCUT2D eigenvalue weighted by Gasteiger charge is -2.23. The Kier molecular flexibility index (Phi) is 4.53. The summed E-state index contributed by atoms with van der Waals surface area (Å²) in [6, 6.07) is 5.24. The molecule has 6 heteroatoms. The number of ether oxygens (including phenoxy) is 1. The Bertz CT molecular complexity index is 581. The SMILES string of the molecule is CC(Oc1ccc(Cl)c(Cl)c1)C(=O)N1CC2CCC(N)C2C1. The lowest BCUT2D eigenvalue weighted by Crippen LogP contribution is -2.40. The molecule has 3 rings (SSSR count). The van der Waals surface area contributed by atoms with Crippen LogP contribution in [0.15, 0.2) is 18.2 Å². The number of carbonyl (C=O) groups excluding carboxylic acids is 1. The predicted molar refractivity (Wildman–Crippen MR) is 87.3 cm³/mol. The van der Waals surface area contributed by atoms with Crippen molar-refractivity contribution in [2.24, 2.45) is 17.6 Å². The summed E-state index contributed by atoms with van der Waals surface area (Å²) in [6.07, 6.45) is 1.65. The van der Waals surface area contributed by atoms with Crippen LogP contribution in [0, 0.1) is 11.8 Å². The number of likely N-dealkylation sites (tertiary alicyclic amines) is 1. The Balaban J connectivity index is 1.61. The molecule has 2 N–H and O–H groups in total. The molecule has 1 heterocycles. The smallest absolute Gasteiger partial charge is 0.263 e. The molecule has 1 aliphatic carbocycles. The van der Waals surface area contributed by atoms with E-state index in [9.17, 15) is 4.79 Å². The van der Waals surface area contributed by atoms with Crippen molar-refractivity contribution in [3.05, 3.63) is 28.2 Å². The van der Waals surface area contributed by atoms with Gasteiger partial charge < -0.3 is 15.4 Å². The number of hydrogen-bond donors (Lipinski definition) is 1. The number of nitrogens with two attached hydrogens (primary N) is 1. The molecule has 0 aromatic heterocycles. The molecule has 1 aromatic rings. The van der Waals surface area contributed by atoms with Gasteiger partial charge in [0.15, 0.2) is 6.10 Å². The van der Waals surface area contributed by atoms with Crippen LogP contribution in [0.4, 0.5) is 0 Å². The van der Waals surface area contributed by atoms with Crippen LogP contribution in [0.25, 0.3) is 0 Å². The first-order valence-corrected chi connectivity index (χ1v) is 8.37. The molecule has 1 aromatic carbocycles. The standard InChI is InChI=1S/C16H20Cl2N2O2/c1-9(22-11-3-4-13(17)14(18)6-11)16(21)20-7-10-2-5-15(19)12(10)8-20/h3-4,6,9-10,12,15H,2,5,7-8,19H2,1H3. The number of benzene rings is 1. The van der Waals surface area contributed by atoms with Gasteiger partial charge in [-0.2, -0.15) is 0 Å². The van der Waals surface area contributed by atoms with Gasteiger partial charge in [-0.05, 0) is 43.7 Å². The van der Waals surface area contributed by atoms with E-state index in [-0.39, 0.29) is 11.9 Å². The molecule has 0 spiro atoms. The number of rotatable bonds is 3. The van der Waals surface area contributed by atoms with Crippen LogP contribution in [-0.4, -0.2) is 36.0 Å².